The van der Waals surface area contributed by atoms with Crippen LogP contribution < -0.4 is 14.9 Å². The molecule has 38 heavy (non-hydrogen) atoms. The SMILES string of the molecule is CCOC(=O)C1=C(C)N=c2s/c(=C\c3cc(C)n(-c4ccc(I)cc4)c3C)c(=O)n2[C@H]1c1ccc(C)cc1. The number of allylic oxidation sites excluding steroid dienone is 1. The first-order valence-electron chi connectivity index (χ1n) is 12.4. The maximum atomic E-state index is 13.9. The van der Waals surface area contributed by atoms with Gasteiger partial charge < -0.3 is 9.30 Å². The summed E-state index contributed by atoms with van der Waals surface area (Å²) in [6, 6.07) is 17.8. The number of fused-ring (bicyclic) bond motifs is 1. The molecule has 2 aromatic carbocycles. The van der Waals surface area contributed by atoms with E-state index in [0.29, 0.717) is 20.6 Å². The van der Waals surface area contributed by atoms with Gasteiger partial charge in [-0.3, -0.25) is 9.36 Å². The van der Waals surface area contributed by atoms with E-state index in [1.54, 1.807) is 18.4 Å². The van der Waals surface area contributed by atoms with Gasteiger partial charge in [-0.1, -0.05) is 41.2 Å². The zero-order valence-electron chi connectivity index (χ0n) is 21.9. The second kappa shape index (κ2) is 10.5. The van der Waals surface area contributed by atoms with Crippen LogP contribution in [0.5, 0.6) is 0 Å². The van der Waals surface area contributed by atoms with Crippen molar-refractivity contribution < 1.29 is 9.53 Å². The number of aromatic nitrogens is 2. The number of nitrogens with zero attached hydrogens (tertiary/aromatic N) is 3. The molecule has 0 amide bonds. The molecule has 0 fully saturated rings. The van der Waals surface area contributed by atoms with E-state index in [1.165, 1.54) is 14.9 Å². The van der Waals surface area contributed by atoms with Crippen molar-refractivity contribution in [3.8, 4) is 5.69 Å². The van der Waals surface area contributed by atoms with E-state index in [2.05, 4.69) is 76.3 Å². The van der Waals surface area contributed by atoms with E-state index < -0.39 is 12.0 Å². The molecule has 8 heteroatoms. The number of hydrogen-bond acceptors (Lipinski definition) is 5. The summed E-state index contributed by atoms with van der Waals surface area (Å²) in [5, 5.41) is 0. The number of esters is 1. The minimum atomic E-state index is -0.604. The van der Waals surface area contributed by atoms with Gasteiger partial charge in [-0.15, -0.1) is 0 Å². The molecule has 1 atom stereocenters. The van der Waals surface area contributed by atoms with Crippen LogP contribution in [0.4, 0.5) is 0 Å². The summed E-state index contributed by atoms with van der Waals surface area (Å²) in [4.78, 5) is 32.2. The van der Waals surface area contributed by atoms with E-state index in [1.807, 2.05) is 37.3 Å². The highest BCUT2D eigenvalue weighted by Crippen LogP contribution is 2.31. The van der Waals surface area contributed by atoms with Gasteiger partial charge in [-0.05, 0) is 105 Å². The maximum absolute atomic E-state index is 13.9. The van der Waals surface area contributed by atoms with Crippen LogP contribution in [0.1, 0.15) is 48.0 Å². The second-order valence-electron chi connectivity index (χ2n) is 9.35. The molecule has 1 aliphatic heterocycles. The molecule has 2 aromatic heterocycles. The van der Waals surface area contributed by atoms with Gasteiger partial charge in [0.1, 0.15) is 0 Å². The predicted octanol–water partition coefficient (Wildman–Crippen LogP) is 5.12. The van der Waals surface area contributed by atoms with Crippen molar-refractivity contribution in [3.63, 3.8) is 0 Å². The van der Waals surface area contributed by atoms with Crippen molar-refractivity contribution in [1.29, 1.82) is 0 Å². The third-order valence-corrected chi connectivity index (χ3v) is 8.45. The average molecular weight is 638 g/mol. The Morgan fingerprint density at radius 1 is 1.08 bits per heavy atom. The lowest BCUT2D eigenvalue weighted by Crippen LogP contribution is -2.39. The number of thiazole rings is 1. The standard InChI is InChI=1S/C30H28IN3O3S/c1-6-37-29(36)26-19(4)32-30-34(27(26)21-9-7-17(2)8-10-21)28(35)25(38-30)16-22-15-18(3)33(20(22)5)24-13-11-23(31)12-14-24/h7-16,27H,6H2,1-5H3/b25-16-/t27-/m0/s1. The minimum absolute atomic E-state index is 0.173. The molecule has 0 saturated carbocycles. The molecule has 1 aliphatic rings. The predicted molar refractivity (Wildman–Crippen MR) is 160 cm³/mol. The van der Waals surface area contributed by atoms with Gasteiger partial charge >= 0.3 is 5.97 Å². The van der Waals surface area contributed by atoms with Crippen LogP contribution in [0.25, 0.3) is 11.8 Å². The quantitative estimate of drug-likeness (QED) is 0.226. The molecule has 0 aliphatic carbocycles. The fourth-order valence-corrected chi connectivity index (χ4v) is 6.32. The number of benzene rings is 2. The van der Waals surface area contributed by atoms with Crippen molar-refractivity contribution >= 4 is 46.0 Å². The molecule has 0 unspecified atom stereocenters. The van der Waals surface area contributed by atoms with Crippen LogP contribution in [0.2, 0.25) is 0 Å². The van der Waals surface area contributed by atoms with Crippen LogP contribution >= 0.6 is 33.9 Å². The highest BCUT2D eigenvalue weighted by molar-refractivity contribution is 14.1. The van der Waals surface area contributed by atoms with Crippen molar-refractivity contribution in [1.82, 2.24) is 9.13 Å². The van der Waals surface area contributed by atoms with Gasteiger partial charge in [0, 0.05) is 20.6 Å². The third-order valence-electron chi connectivity index (χ3n) is 6.75. The van der Waals surface area contributed by atoms with E-state index >= 15 is 0 Å². The van der Waals surface area contributed by atoms with Gasteiger partial charge in [0.2, 0.25) is 0 Å². The summed E-state index contributed by atoms with van der Waals surface area (Å²) < 4.78 is 11.0. The molecule has 0 N–H and O–H groups in total. The van der Waals surface area contributed by atoms with Crippen LogP contribution in [0.15, 0.2) is 75.7 Å². The topological polar surface area (TPSA) is 65.6 Å². The zero-order valence-corrected chi connectivity index (χ0v) is 24.9. The molecule has 3 heterocycles. The smallest absolute Gasteiger partial charge is 0.338 e. The molecule has 0 saturated heterocycles. The Labute approximate surface area is 238 Å². The third kappa shape index (κ3) is 4.71. The Kier molecular flexibility index (Phi) is 7.28. The number of aryl methyl sites for hydroxylation is 2. The summed E-state index contributed by atoms with van der Waals surface area (Å²) >= 11 is 3.64. The van der Waals surface area contributed by atoms with Gasteiger partial charge in [-0.25, -0.2) is 9.79 Å². The molecule has 0 radical (unpaired) electrons. The van der Waals surface area contributed by atoms with Crippen LogP contribution in [-0.4, -0.2) is 21.7 Å². The minimum Gasteiger partial charge on any atom is -0.463 e. The number of hydrogen-bond donors (Lipinski definition) is 0. The first-order valence-corrected chi connectivity index (χ1v) is 14.3. The first-order chi connectivity index (χ1) is 18.2. The molecule has 5 rings (SSSR count). The summed E-state index contributed by atoms with van der Waals surface area (Å²) in [5.74, 6) is -0.449. The average Bonchev–Trinajstić information content (AvgIpc) is 3.34. The lowest BCUT2D eigenvalue weighted by molar-refractivity contribution is -0.139. The highest BCUT2D eigenvalue weighted by Gasteiger charge is 2.33. The zero-order chi connectivity index (χ0) is 27.1. The normalized spacial score (nSPS) is 15.4. The Morgan fingerprint density at radius 3 is 2.42 bits per heavy atom. The molecule has 0 bridgehead atoms. The fourth-order valence-electron chi connectivity index (χ4n) is 4.92. The van der Waals surface area contributed by atoms with Crippen LogP contribution in [-0.2, 0) is 9.53 Å². The van der Waals surface area contributed by atoms with Crippen molar-refractivity contribution in [3.05, 3.63) is 117 Å². The number of carbonyl (C=O) groups is 1. The molecule has 194 valence electrons. The van der Waals surface area contributed by atoms with Gasteiger partial charge in [0.25, 0.3) is 5.56 Å². The number of halogens is 1. The second-order valence-corrected chi connectivity index (χ2v) is 11.6. The highest BCUT2D eigenvalue weighted by atomic mass is 127. The van der Waals surface area contributed by atoms with Gasteiger partial charge in [-0.2, -0.15) is 0 Å². The Balaban J connectivity index is 1.68. The summed E-state index contributed by atoms with van der Waals surface area (Å²) in [6.45, 7) is 9.96. The molecule has 4 aromatic rings. The largest absolute Gasteiger partial charge is 0.463 e. The van der Waals surface area contributed by atoms with Crippen molar-refractivity contribution in [2.45, 2.75) is 40.7 Å². The Hall–Kier alpha value is -3.24. The lowest BCUT2D eigenvalue weighted by atomic mass is 9.95. The summed E-state index contributed by atoms with van der Waals surface area (Å²) in [6.07, 6.45) is 1.94. The maximum Gasteiger partial charge on any atom is 0.338 e. The van der Waals surface area contributed by atoms with E-state index in [9.17, 15) is 9.59 Å². The van der Waals surface area contributed by atoms with E-state index in [0.717, 1.165) is 33.8 Å². The van der Waals surface area contributed by atoms with E-state index in [-0.39, 0.29) is 12.2 Å². The molecular formula is C30H28IN3O3S. The molecular weight excluding hydrogens is 609 g/mol. The van der Waals surface area contributed by atoms with Crippen molar-refractivity contribution in [2.75, 3.05) is 6.61 Å². The number of ether oxygens (including phenoxy) is 1. The lowest BCUT2D eigenvalue weighted by Gasteiger charge is -2.24. The summed E-state index contributed by atoms with van der Waals surface area (Å²) in [7, 11) is 0. The Bertz CT molecular complexity index is 1760. The van der Waals surface area contributed by atoms with Gasteiger partial charge in [0.15, 0.2) is 4.80 Å². The molecule has 6 nitrogen and oxygen atoms in total. The van der Waals surface area contributed by atoms with Crippen LogP contribution in [0.3, 0.4) is 0 Å². The fraction of sp³-hybridized carbons (Fsp3) is 0.233. The first kappa shape index (κ1) is 26.4. The number of rotatable bonds is 5. The summed E-state index contributed by atoms with van der Waals surface area (Å²) in [5.41, 5.74) is 6.92. The van der Waals surface area contributed by atoms with E-state index in [4.69, 9.17) is 4.74 Å². The molecule has 0 spiro atoms. The Morgan fingerprint density at radius 2 is 1.76 bits per heavy atom. The number of carbonyl (C=O) groups excluding carboxylic acids is 1. The van der Waals surface area contributed by atoms with Crippen molar-refractivity contribution in [2.24, 2.45) is 4.99 Å². The van der Waals surface area contributed by atoms with Gasteiger partial charge in [0.05, 0.1) is 28.5 Å². The van der Waals surface area contributed by atoms with Crippen LogP contribution in [0, 0.1) is 24.3 Å². The monoisotopic (exact) mass is 637 g/mol.